The fourth-order valence-electron chi connectivity index (χ4n) is 1.42. The summed E-state index contributed by atoms with van der Waals surface area (Å²) in [7, 11) is 0. The van der Waals surface area contributed by atoms with Crippen molar-refractivity contribution in [3.05, 3.63) is 28.7 Å². The summed E-state index contributed by atoms with van der Waals surface area (Å²) in [5.74, 6) is 2.24. The van der Waals surface area contributed by atoms with Crippen LogP contribution in [0.3, 0.4) is 0 Å². The van der Waals surface area contributed by atoms with Crippen molar-refractivity contribution in [2.24, 2.45) is 0 Å². The summed E-state index contributed by atoms with van der Waals surface area (Å²) in [6.45, 7) is 5.33. The maximum atomic E-state index is 5.66. The van der Waals surface area contributed by atoms with Crippen molar-refractivity contribution in [1.29, 1.82) is 0 Å². The second-order valence-electron chi connectivity index (χ2n) is 4.28. The summed E-state index contributed by atoms with van der Waals surface area (Å²) in [6.07, 6.45) is 3.71. The lowest BCUT2D eigenvalue weighted by atomic mass is 10.3. The third kappa shape index (κ3) is 7.72. The lowest BCUT2D eigenvalue weighted by molar-refractivity contribution is 0.306. The van der Waals surface area contributed by atoms with E-state index >= 15 is 0 Å². The van der Waals surface area contributed by atoms with Gasteiger partial charge >= 0.3 is 0 Å². The van der Waals surface area contributed by atoms with Crippen molar-refractivity contribution >= 4 is 27.7 Å². The minimum Gasteiger partial charge on any atom is -0.494 e. The van der Waals surface area contributed by atoms with Gasteiger partial charge in [-0.15, -0.1) is 0 Å². The molecule has 0 bridgehead atoms. The highest BCUT2D eigenvalue weighted by Gasteiger charge is 1.96. The van der Waals surface area contributed by atoms with Crippen molar-refractivity contribution in [3.8, 4) is 5.75 Å². The van der Waals surface area contributed by atoms with Crippen LogP contribution in [0.2, 0.25) is 0 Å². The van der Waals surface area contributed by atoms with Crippen molar-refractivity contribution < 1.29 is 4.74 Å². The van der Waals surface area contributed by atoms with Gasteiger partial charge in [-0.1, -0.05) is 29.8 Å². The van der Waals surface area contributed by atoms with Crippen LogP contribution >= 0.6 is 27.7 Å². The molecule has 1 nitrogen and oxygen atoms in total. The second-order valence-corrected chi connectivity index (χ2v) is 6.88. The maximum Gasteiger partial charge on any atom is 0.119 e. The Labute approximate surface area is 117 Å². The van der Waals surface area contributed by atoms with Crippen molar-refractivity contribution in [2.75, 3.05) is 12.4 Å². The van der Waals surface area contributed by atoms with E-state index in [1.165, 1.54) is 18.6 Å². The molecule has 0 aromatic heterocycles. The van der Waals surface area contributed by atoms with E-state index < -0.39 is 0 Å². The minimum atomic E-state index is 0.758. The molecular weight excluding hydrogens is 296 g/mol. The number of unbranched alkanes of at least 4 members (excludes halogenated alkanes) is 2. The summed E-state index contributed by atoms with van der Waals surface area (Å²) in [6, 6.07) is 8.01. The SMILES string of the molecule is CC(C)SCCCCCOc1ccc(Br)cc1. The molecule has 17 heavy (non-hydrogen) atoms. The molecule has 0 N–H and O–H groups in total. The zero-order valence-corrected chi connectivity index (χ0v) is 13.0. The highest BCUT2D eigenvalue weighted by Crippen LogP contribution is 2.17. The Morgan fingerprint density at radius 3 is 2.47 bits per heavy atom. The van der Waals surface area contributed by atoms with Crippen LogP contribution in [0, 0.1) is 0 Å². The summed E-state index contributed by atoms with van der Waals surface area (Å²) in [5.41, 5.74) is 0. The van der Waals surface area contributed by atoms with Crippen molar-refractivity contribution in [2.45, 2.75) is 38.4 Å². The van der Waals surface area contributed by atoms with Crippen molar-refractivity contribution in [1.82, 2.24) is 0 Å². The molecule has 0 aliphatic carbocycles. The van der Waals surface area contributed by atoms with Crippen LogP contribution < -0.4 is 4.74 Å². The molecule has 1 rings (SSSR count). The molecule has 0 amide bonds. The topological polar surface area (TPSA) is 9.23 Å². The number of hydrogen-bond acceptors (Lipinski definition) is 2. The van der Waals surface area contributed by atoms with Gasteiger partial charge in [-0.2, -0.15) is 11.8 Å². The molecule has 0 saturated carbocycles. The highest BCUT2D eigenvalue weighted by molar-refractivity contribution is 9.10. The Balaban J connectivity index is 1.99. The zero-order chi connectivity index (χ0) is 12.5. The van der Waals surface area contributed by atoms with Crippen LogP contribution in [0.1, 0.15) is 33.1 Å². The van der Waals surface area contributed by atoms with E-state index in [0.717, 1.165) is 28.5 Å². The maximum absolute atomic E-state index is 5.66. The van der Waals surface area contributed by atoms with Crippen LogP contribution in [0.4, 0.5) is 0 Å². The lowest BCUT2D eigenvalue weighted by Gasteiger charge is -2.07. The number of rotatable bonds is 8. The van der Waals surface area contributed by atoms with Crippen LogP contribution in [-0.2, 0) is 0 Å². The van der Waals surface area contributed by atoms with Crippen LogP contribution in [-0.4, -0.2) is 17.6 Å². The Bertz CT molecular complexity index is 298. The molecule has 0 saturated heterocycles. The van der Waals surface area contributed by atoms with Gasteiger partial charge in [0.25, 0.3) is 0 Å². The average molecular weight is 317 g/mol. The van der Waals surface area contributed by atoms with Crippen LogP contribution in [0.25, 0.3) is 0 Å². The number of thioether (sulfide) groups is 1. The highest BCUT2D eigenvalue weighted by atomic mass is 79.9. The van der Waals surface area contributed by atoms with Gasteiger partial charge in [-0.05, 0) is 54.5 Å². The molecule has 3 heteroatoms. The predicted molar refractivity (Wildman–Crippen MR) is 81.1 cm³/mol. The number of halogens is 1. The molecule has 0 radical (unpaired) electrons. The predicted octanol–water partition coefficient (Wildman–Crippen LogP) is 5.14. The monoisotopic (exact) mass is 316 g/mol. The standard InChI is InChI=1S/C14H21BrOS/c1-12(2)17-11-5-3-4-10-16-14-8-6-13(15)7-9-14/h6-9,12H,3-5,10-11H2,1-2H3. The van der Waals surface area contributed by atoms with Crippen LogP contribution in [0.15, 0.2) is 28.7 Å². The number of ether oxygens (including phenoxy) is 1. The number of benzene rings is 1. The van der Waals surface area contributed by atoms with E-state index in [0.29, 0.717) is 0 Å². The second kappa shape index (κ2) is 8.87. The first-order valence-corrected chi connectivity index (χ1v) is 8.02. The van der Waals surface area contributed by atoms with Gasteiger partial charge in [0.15, 0.2) is 0 Å². The van der Waals surface area contributed by atoms with Crippen LogP contribution in [0.5, 0.6) is 5.75 Å². The fourth-order valence-corrected chi connectivity index (χ4v) is 2.53. The zero-order valence-electron chi connectivity index (χ0n) is 10.6. The molecule has 0 spiro atoms. The van der Waals surface area contributed by atoms with Gasteiger partial charge < -0.3 is 4.74 Å². The van der Waals surface area contributed by atoms with Gasteiger partial charge in [0.2, 0.25) is 0 Å². The Morgan fingerprint density at radius 1 is 1.12 bits per heavy atom. The molecule has 96 valence electrons. The minimum absolute atomic E-state index is 0.758. The summed E-state index contributed by atoms with van der Waals surface area (Å²) in [4.78, 5) is 0. The molecule has 0 aliphatic rings. The van der Waals surface area contributed by atoms with E-state index in [-0.39, 0.29) is 0 Å². The largest absolute Gasteiger partial charge is 0.494 e. The fraction of sp³-hybridized carbons (Fsp3) is 0.571. The van der Waals surface area contributed by atoms with Crippen molar-refractivity contribution in [3.63, 3.8) is 0 Å². The van der Waals surface area contributed by atoms with Gasteiger partial charge in [-0.3, -0.25) is 0 Å². The molecule has 0 fully saturated rings. The molecular formula is C14H21BrOS. The lowest BCUT2D eigenvalue weighted by Crippen LogP contribution is -1.98. The molecule has 0 aliphatic heterocycles. The first-order chi connectivity index (χ1) is 8.18. The molecule has 1 aromatic carbocycles. The molecule has 0 unspecified atom stereocenters. The average Bonchev–Trinajstić information content (AvgIpc) is 2.30. The van der Waals surface area contributed by atoms with Gasteiger partial charge in [0.05, 0.1) is 6.61 Å². The smallest absolute Gasteiger partial charge is 0.119 e. The van der Waals surface area contributed by atoms with Gasteiger partial charge in [0.1, 0.15) is 5.75 Å². The molecule has 0 heterocycles. The van der Waals surface area contributed by atoms with E-state index in [2.05, 4.69) is 29.8 Å². The first kappa shape index (κ1) is 14.9. The van der Waals surface area contributed by atoms with E-state index in [4.69, 9.17) is 4.74 Å². The van der Waals surface area contributed by atoms with E-state index in [9.17, 15) is 0 Å². The molecule has 0 atom stereocenters. The third-order valence-corrected chi connectivity index (χ3v) is 4.04. The van der Waals surface area contributed by atoms with E-state index in [1.807, 2.05) is 36.0 Å². The molecule has 1 aromatic rings. The third-order valence-electron chi connectivity index (χ3n) is 2.32. The Hall–Kier alpha value is -0.150. The van der Waals surface area contributed by atoms with Gasteiger partial charge in [-0.25, -0.2) is 0 Å². The summed E-state index contributed by atoms with van der Waals surface area (Å²) >= 11 is 5.45. The van der Waals surface area contributed by atoms with Gasteiger partial charge in [0, 0.05) is 4.47 Å². The summed E-state index contributed by atoms with van der Waals surface area (Å²) < 4.78 is 6.75. The summed E-state index contributed by atoms with van der Waals surface area (Å²) in [5, 5.41) is 0.758. The Morgan fingerprint density at radius 2 is 1.82 bits per heavy atom. The normalized spacial score (nSPS) is 10.8. The Kier molecular flexibility index (Phi) is 7.78. The number of hydrogen-bond donors (Lipinski definition) is 0. The first-order valence-electron chi connectivity index (χ1n) is 6.18. The quantitative estimate of drug-likeness (QED) is 0.614. The van der Waals surface area contributed by atoms with E-state index in [1.54, 1.807) is 0 Å².